The van der Waals surface area contributed by atoms with Crippen molar-refractivity contribution in [1.29, 1.82) is 0 Å². The van der Waals surface area contributed by atoms with Crippen LogP contribution >= 0.6 is 0 Å². The molecule has 0 radical (unpaired) electrons. The Morgan fingerprint density at radius 1 is 0.558 bits per heavy atom. The summed E-state index contributed by atoms with van der Waals surface area (Å²) >= 11 is 0. The van der Waals surface area contributed by atoms with Gasteiger partial charge in [0.25, 0.3) is 0 Å². The third-order valence-corrected chi connectivity index (χ3v) is 10.5. The highest BCUT2D eigenvalue weighted by molar-refractivity contribution is 5.72. The van der Waals surface area contributed by atoms with Crippen molar-refractivity contribution in [2.75, 3.05) is 39.3 Å². The normalized spacial score (nSPS) is 24.5. The molecule has 3 heterocycles. The van der Waals surface area contributed by atoms with Gasteiger partial charge in [-0.3, -0.25) is 19.3 Å². The number of nitrogens with zero attached hydrogens (tertiary/aromatic N) is 1. The van der Waals surface area contributed by atoms with Gasteiger partial charge in [-0.2, -0.15) is 0 Å². The fourth-order valence-corrected chi connectivity index (χ4v) is 7.79. The van der Waals surface area contributed by atoms with E-state index < -0.39 is 54.8 Å². The van der Waals surface area contributed by atoms with E-state index in [1.807, 2.05) is 23.1 Å². The molecular formula is C42H54N4O6. The first-order valence-electron chi connectivity index (χ1n) is 21.3. The van der Waals surface area contributed by atoms with Crippen molar-refractivity contribution in [1.82, 2.24) is 20.9 Å². The Morgan fingerprint density at radius 2 is 0.846 bits per heavy atom. The summed E-state index contributed by atoms with van der Waals surface area (Å²) in [7, 11) is 0. The number of hydrogen-bond donors (Lipinski definition) is 6. The largest absolute Gasteiger partial charge is 0.481 e. The van der Waals surface area contributed by atoms with Gasteiger partial charge < -0.3 is 31.3 Å². The van der Waals surface area contributed by atoms with E-state index in [1.165, 1.54) is 0 Å². The van der Waals surface area contributed by atoms with Gasteiger partial charge in [0, 0.05) is 27.9 Å². The molecule has 6 atom stereocenters. The molecule has 0 aromatic heterocycles. The summed E-state index contributed by atoms with van der Waals surface area (Å²) in [5, 5.41) is 40.0. The smallest absolute Gasteiger partial charge is 0.307 e. The van der Waals surface area contributed by atoms with Crippen molar-refractivity contribution in [2.45, 2.75) is 58.0 Å². The highest BCUT2D eigenvalue weighted by atomic mass is 16.4. The fraction of sp³-hybridized carbons (Fsp3) is 0.500. The Bertz CT molecular complexity index is 1720. The zero-order valence-corrected chi connectivity index (χ0v) is 29.4. The summed E-state index contributed by atoms with van der Waals surface area (Å²) in [5.41, 5.74) is 2.76. The molecule has 3 saturated heterocycles. The SMILES string of the molecule is [2H]C([2H])(c1cccc(CN(Cc2cccc(C([2H])([2H])[C@H](C(=O)O)[C@H]3CCNC3)c2)Cc2cccc(C([2H])([2H])[C@H](C(=O)O)[C@H]3CCNC3)c2)c1)[C@H](C(=O)O)[C@H]1CCNC1. The number of benzene rings is 3. The minimum Gasteiger partial charge on any atom is -0.481 e. The molecule has 6 rings (SSSR count). The van der Waals surface area contributed by atoms with E-state index >= 15 is 0 Å². The van der Waals surface area contributed by atoms with Gasteiger partial charge in [0.05, 0.1) is 17.8 Å². The van der Waals surface area contributed by atoms with Gasteiger partial charge in [-0.1, -0.05) is 72.8 Å². The first-order chi connectivity index (χ1) is 27.5. The summed E-state index contributed by atoms with van der Waals surface area (Å²) in [4.78, 5) is 39.4. The number of hydrogen-bond acceptors (Lipinski definition) is 7. The van der Waals surface area contributed by atoms with Crippen LogP contribution in [0.25, 0.3) is 0 Å². The first-order valence-corrected chi connectivity index (χ1v) is 18.3. The maximum absolute atomic E-state index is 12.5. The first kappa shape index (κ1) is 30.4. The third kappa shape index (κ3) is 10.3. The molecule has 278 valence electrons. The predicted molar refractivity (Wildman–Crippen MR) is 200 cm³/mol. The van der Waals surface area contributed by atoms with E-state index in [1.54, 1.807) is 54.6 Å². The van der Waals surface area contributed by atoms with Crippen LogP contribution in [0, 0.1) is 35.5 Å². The quantitative estimate of drug-likeness (QED) is 0.112. The van der Waals surface area contributed by atoms with Gasteiger partial charge in [-0.15, -0.1) is 0 Å². The second-order valence-electron chi connectivity index (χ2n) is 14.4. The van der Waals surface area contributed by atoms with Crippen LogP contribution in [0.15, 0.2) is 72.8 Å². The highest BCUT2D eigenvalue weighted by Gasteiger charge is 2.33. The lowest BCUT2D eigenvalue weighted by molar-refractivity contribution is -0.144. The molecule has 3 fully saturated rings. The molecule has 3 aliphatic heterocycles. The van der Waals surface area contributed by atoms with Gasteiger partial charge in [0.1, 0.15) is 0 Å². The number of nitrogens with one attached hydrogen (secondary N) is 3. The van der Waals surface area contributed by atoms with Crippen LogP contribution in [0.1, 0.15) is 60.9 Å². The molecule has 3 aromatic carbocycles. The maximum Gasteiger partial charge on any atom is 0.307 e. The van der Waals surface area contributed by atoms with Crippen molar-refractivity contribution in [3.8, 4) is 0 Å². The van der Waals surface area contributed by atoms with E-state index in [0.717, 1.165) is 0 Å². The Kier molecular flexibility index (Phi) is 10.6. The molecular weight excluding hydrogens is 656 g/mol. The molecule has 0 saturated carbocycles. The van der Waals surface area contributed by atoms with Gasteiger partial charge >= 0.3 is 17.9 Å². The lowest BCUT2D eigenvalue weighted by Crippen LogP contribution is -2.28. The minimum absolute atomic E-state index is 0.233. The molecule has 10 nitrogen and oxygen atoms in total. The third-order valence-electron chi connectivity index (χ3n) is 10.5. The van der Waals surface area contributed by atoms with Crippen LogP contribution < -0.4 is 16.0 Å². The van der Waals surface area contributed by atoms with Crippen LogP contribution in [0.4, 0.5) is 0 Å². The van der Waals surface area contributed by atoms with Gasteiger partial charge in [-0.05, 0) is 129 Å². The number of carbonyl (C=O) groups is 3. The average molecular weight is 717 g/mol. The van der Waals surface area contributed by atoms with Crippen LogP contribution in [-0.2, 0) is 53.1 Å². The van der Waals surface area contributed by atoms with Crippen molar-refractivity contribution < 1.29 is 37.9 Å². The molecule has 0 spiro atoms. The van der Waals surface area contributed by atoms with E-state index in [-0.39, 0.29) is 54.1 Å². The van der Waals surface area contributed by atoms with Crippen LogP contribution in [0.3, 0.4) is 0 Å². The van der Waals surface area contributed by atoms with Crippen molar-refractivity contribution in [2.24, 2.45) is 35.5 Å². The zero-order chi connectivity index (χ0) is 41.8. The molecule has 0 bridgehead atoms. The van der Waals surface area contributed by atoms with E-state index in [2.05, 4.69) is 16.0 Å². The number of carboxylic acid groups (broad SMARTS) is 3. The van der Waals surface area contributed by atoms with Gasteiger partial charge in [0.15, 0.2) is 0 Å². The summed E-state index contributed by atoms with van der Waals surface area (Å²) in [5.74, 6) is -8.56. The molecule has 6 N–H and O–H groups in total. The zero-order valence-electron chi connectivity index (χ0n) is 35.4. The van der Waals surface area contributed by atoms with Gasteiger partial charge in [0.2, 0.25) is 0 Å². The highest BCUT2D eigenvalue weighted by Crippen LogP contribution is 2.28. The summed E-state index contributed by atoms with van der Waals surface area (Å²) in [6.07, 6.45) is -4.91. The molecule has 3 aromatic rings. The standard InChI is InChI=1S/C42H54N4O6/c47-40(48)37(34-10-13-43-22-34)19-28-4-1-7-31(16-28)25-46(26-32-8-2-5-29(17-32)20-38(41(49)50)35-11-14-44-23-35)27-33-9-3-6-30(18-33)21-39(42(51)52)36-12-15-45-24-36/h1-9,16-18,34-39,43-45H,10-15,19-27H2,(H,47,48)(H,49,50)(H,51,52)/t34-,35-,36-,37-,38-,39-/m0/s1/i19D2,20D2,21D2. The Labute approximate surface area is 315 Å². The Hall–Kier alpha value is -4.09. The second-order valence-corrected chi connectivity index (χ2v) is 14.4. The Morgan fingerprint density at radius 3 is 1.10 bits per heavy atom. The maximum atomic E-state index is 12.5. The Balaban J connectivity index is 1.33. The van der Waals surface area contributed by atoms with Crippen molar-refractivity contribution in [3.63, 3.8) is 0 Å². The topological polar surface area (TPSA) is 151 Å². The average Bonchev–Trinajstić information content (AvgIpc) is 3.98. The van der Waals surface area contributed by atoms with Crippen LogP contribution in [0.5, 0.6) is 0 Å². The summed E-state index contributed by atoms with van der Waals surface area (Å²) in [6, 6.07) is 20.4. The number of rotatable bonds is 18. The molecule has 10 heteroatoms. The van der Waals surface area contributed by atoms with E-state index in [4.69, 9.17) is 8.22 Å². The number of aliphatic carboxylic acids is 3. The molecule has 0 unspecified atom stereocenters. The van der Waals surface area contributed by atoms with Crippen LogP contribution in [-0.4, -0.2) is 77.4 Å². The lowest BCUT2D eigenvalue weighted by atomic mass is 9.85. The second kappa shape index (κ2) is 18.1. The molecule has 0 amide bonds. The predicted octanol–water partition coefficient (Wildman–Crippen LogP) is 4.45. The summed E-state index contributed by atoms with van der Waals surface area (Å²) < 4.78 is 54.3. The van der Waals surface area contributed by atoms with Gasteiger partial charge in [-0.25, -0.2) is 0 Å². The molecule has 52 heavy (non-hydrogen) atoms. The minimum atomic E-state index is -2.19. The van der Waals surface area contributed by atoms with Crippen LogP contribution in [0.2, 0.25) is 0 Å². The molecule has 3 aliphatic rings. The van der Waals surface area contributed by atoms with Crippen molar-refractivity contribution >= 4 is 17.9 Å². The monoisotopic (exact) mass is 716 g/mol. The number of carboxylic acids is 3. The molecule has 0 aliphatic carbocycles. The summed E-state index contributed by atoms with van der Waals surface area (Å²) in [6.45, 7) is 3.79. The van der Waals surface area contributed by atoms with E-state index in [9.17, 15) is 29.7 Å². The van der Waals surface area contributed by atoms with Crippen molar-refractivity contribution in [3.05, 3.63) is 106 Å². The van der Waals surface area contributed by atoms with E-state index in [0.29, 0.717) is 75.2 Å². The fourth-order valence-electron chi connectivity index (χ4n) is 7.79. The lowest BCUT2D eigenvalue weighted by Gasteiger charge is -2.25.